The summed E-state index contributed by atoms with van der Waals surface area (Å²) in [5.41, 5.74) is 9.81. The summed E-state index contributed by atoms with van der Waals surface area (Å²) in [4.78, 5) is 14.9. The van der Waals surface area contributed by atoms with Gasteiger partial charge in [-0.1, -0.05) is 18.2 Å². The van der Waals surface area contributed by atoms with Crippen LogP contribution in [-0.4, -0.2) is 9.55 Å². The molecule has 18 heavy (non-hydrogen) atoms. The van der Waals surface area contributed by atoms with Crippen LogP contribution in [0.5, 0.6) is 0 Å². The Morgan fingerprint density at radius 3 is 2.72 bits per heavy atom. The molecule has 0 fully saturated rings. The van der Waals surface area contributed by atoms with E-state index >= 15 is 0 Å². The second-order valence-corrected chi connectivity index (χ2v) is 4.34. The van der Waals surface area contributed by atoms with E-state index in [0.29, 0.717) is 11.4 Å². The van der Waals surface area contributed by atoms with E-state index < -0.39 is 0 Å². The number of hydrogen-bond acceptors (Lipinski definition) is 2. The van der Waals surface area contributed by atoms with Gasteiger partial charge in [0, 0.05) is 0 Å². The van der Waals surface area contributed by atoms with Crippen molar-refractivity contribution in [1.29, 1.82) is 0 Å². The van der Waals surface area contributed by atoms with Crippen LogP contribution in [0.3, 0.4) is 0 Å². The number of aromatic amines is 1. The van der Waals surface area contributed by atoms with E-state index in [4.69, 9.17) is 5.73 Å². The molecule has 0 aliphatic rings. The highest BCUT2D eigenvalue weighted by Gasteiger charge is 2.10. The number of nitrogens with one attached hydrogen (secondary N) is 1. The van der Waals surface area contributed by atoms with Crippen molar-refractivity contribution < 1.29 is 0 Å². The first-order valence-electron chi connectivity index (χ1n) is 5.73. The lowest BCUT2D eigenvalue weighted by atomic mass is 10.2. The summed E-state index contributed by atoms with van der Waals surface area (Å²) in [6, 6.07) is 13.2. The van der Waals surface area contributed by atoms with Crippen molar-refractivity contribution in [2.45, 2.75) is 6.92 Å². The molecule has 1 aromatic heterocycles. The number of H-pyrrole nitrogens is 1. The largest absolute Gasteiger partial charge is 0.397 e. The summed E-state index contributed by atoms with van der Waals surface area (Å²) in [7, 11) is 0. The van der Waals surface area contributed by atoms with Crippen LogP contribution >= 0.6 is 0 Å². The number of benzene rings is 2. The molecule has 1 heterocycles. The Balaban J connectivity index is 2.40. The normalized spacial score (nSPS) is 10.9. The maximum atomic E-state index is 12.1. The number of aromatic nitrogens is 2. The summed E-state index contributed by atoms with van der Waals surface area (Å²) in [5, 5.41) is 0. The van der Waals surface area contributed by atoms with E-state index in [2.05, 4.69) is 4.98 Å². The average molecular weight is 239 g/mol. The van der Waals surface area contributed by atoms with Crippen molar-refractivity contribution in [3.63, 3.8) is 0 Å². The first-order chi connectivity index (χ1) is 8.66. The molecule has 4 heteroatoms. The number of imidazole rings is 1. The molecule has 2 aromatic carbocycles. The minimum absolute atomic E-state index is 0.173. The molecular formula is C14H13N3O. The summed E-state index contributed by atoms with van der Waals surface area (Å²) in [6.45, 7) is 1.99. The van der Waals surface area contributed by atoms with E-state index in [1.54, 1.807) is 10.6 Å². The van der Waals surface area contributed by atoms with Crippen molar-refractivity contribution in [2.24, 2.45) is 0 Å². The summed E-state index contributed by atoms with van der Waals surface area (Å²) in [6.07, 6.45) is 0. The smallest absolute Gasteiger partial charge is 0.331 e. The predicted octanol–water partition coefficient (Wildman–Crippen LogP) is 2.21. The third kappa shape index (κ3) is 1.50. The zero-order chi connectivity index (χ0) is 12.7. The molecule has 0 spiro atoms. The van der Waals surface area contributed by atoms with Gasteiger partial charge in [0.2, 0.25) is 0 Å². The molecule has 0 atom stereocenters. The lowest BCUT2D eigenvalue weighted by Crippen LogP contribution is -2.15. The lowest BCUT2D eigenvalue weighted by Gasteiger charge is -2.06. The van der Waals surface area contributed by atoms with Gasteiger partial charge in [0.25, 0.3) is 0 Å². The predicted molar refractivity (Wildman–Crippen MR) is 73.0 cm³/mol. The van der Waals surface area contributed by atoms with Crippen LogP contribution in [0.25, 0.3) is 16.7 Å². The number of aryl methyl sites for hydroxylation is 1. The van der Waals surface area contributed by atoms with Crippen LogP contribution in [-0.2, 0) is 0 Å². The topological polar surface area (TPSA) is 63.8 Å². The maximum Gasteiger partial charge on any atom is 0.331 e. The number of nitrogen functional groups attached to an aromatic ring is 1. The summed E-state index contributed by atoms with van der Waals surface area (Å²) in [5.74, 6) is 0. The number of fused-ring (bicyclic) bond motifs is 1. The fraction of sp³-hybridized carbons (Fsp3) is 0.0714. The Morgan fingerprint density at radius 2 is 1.94 bits per heavy atom. The maximum absolute atomic E-state index is 12.1. The number of nitrogens with zero attached hydrogens (tertiary/aromatic N) is 1. The quantitative estimate of drug-likeness (QED) is 0.639. The zero-order valence-electron chi connectivity index (χ0n) is 9.97. The van der Waals surface area contributed by atoms with E-state index in [1.807, 2.05) is 43.3 Å². The molecule has 3 aromatic rings. The molecule has 3 N–H and O–H groups in total. The van der Waals surface area contributed by atoms with Gasteiger partial charge >= 0.3 is 5.69 Å². The van der Waals surface area contributed by atoms with Gasteiger partial charge in [-0.3, -0.25) is 4.57 Å². The molecule has 0 aliphatic carbocycles. The van der Waals surface area contributed by atoms with Crippen molar-refractivity contribution in [2.75, 3.05) is 5.73 Å². The zero-order valence-corrected chi connectivity index (χ0v) is 9.97. The molecule has 3 rings (SSSR count). The molecule has 4 nitrogen and oxygen atoms in total. The van der Waals surface area contributed by atoms with Crippen LogP contribution in [0.15, 0.2) is 47.3 Å². The molecule has 0 unspecified atom stereocenters. The second-order valence-electron chi connectivity index (χ2n) is 4.34. The Morgan fingerprint density at radius 1 is 1.17 bits per heavy atom. The number of rotatable bonds is 1. The Bertz CT molecular complexity index is 783. The van der Waals surface area contributed by atoms with Crippen molar-refractivity contribution in [3.05, 3.63) is 58.5 Å². The number of anilines is 1. The molecule has 0 bridgehead atoms. The highest BCUT2D eigenvalue weighted by atomic mass is 16.1. The van der Waals surface area contributed by atoms with Gasteiger partial charge in [-0.2, -0.15) is 0 Å². The van der Waals surface area contributed by atoms with Gasteiger partial charge in [0.15, 0.2) is 0 Å². The van der Waals surface area contributed by atoms with Gasteiger partial charge in [0.1, 0.15) is 0 Å². The van der Waals surface area contributed by atoms with Crippen LogP contribution in [0.2, 0.25) is 0 Å². The van der Waals surface area contributed by atoms with Crippen molar-refractivity contribution in [1.82, 2.24) is 9.55 Å². The van der Waals surface area contributed by atoms with E-state index in [-0.39, 0.29) is 5.69 Å². The fourth-order valence-electron chi connectivity index (χ4n) is 2.16. The van der Waals surface area contributed by atoms with E-state index in [0.717, 1.165) is 16.6 Å². The Hall–Kier alpha value is -2.49. The van der Waals surface area contributed by atoms with Gasteiger partial charge in [-0.05, 0) is 36.8 Å². The Kier molecular flexibility index (Phi) is 2.23. The van der Waals surface area contributed by atoms with Crippen LogP contribution in [0, 0.1) is 6.92 Å². The SMILES string of the molecule is Cc1ccc2c(c1)[nH]c(=O)n2-c1ccccc1N. The Labute approximate surface area is 104 Å². The number of para-hydroxylation sites is 2. The first-order valence-corrected chi connectivity index (χ1v) is 5.73. The second kappa shape index (κ2) is 3.77. The lowest BCUT2D eigenvalue weighted by molar-refractivity contribution is 1.02. The molecule has 0 aliphatic heterocycles. The third-order valence-corrected chi connectivity index (χ3v) is 3.02. The van der Waals surface area contributed by atoms with Crippen LogP contribution < -0.4 is 11.4 Å². The van der Waals surface area contributed by atoms with Crippen molar-refractivity contribution in [3.8, 4) is 5.69 Å². The van der Waals surface area contributed by atoms with Crippen molar-refractivity contribution >= 4 is 16.7 Å². The molecule has 0 saturated heterocycles. The molecule has 0 radical (unpaired) electrons. The monoisotopic (exact) mass is 239 g/mol. The standard InChI is InChI=1S/C14H13N3O/c1-9-6-7-13-11(8-9)16-14(18)17(13)12-5-3-2-4-10(12)15/h2-8H,15H2,1H3,(H,16,18). The molecule has 0 amide bonds. The summed E-state index contributed by atoms with van der Waals surface area (Å²) >= 11 is 0. The van der Waals surface area contributed by atoms with Crippen LogP contribution in [0.4, 0.5) is 5.69 Å². The van der Waals surface area contributed by atoms with Gasteiger partial charge < -0.3 is 10.7 Å². The molecular weight excluding hydrogens is 226 g/mol. The summed E-state index contributed by atoms with van der Waals surface area (Å²) < 4.78 is 1.60. The van der Waals surface area contributed by atoms with E-state index in [9.17, 15) is 4.79 Å². The molecule has 0 saturated carbocycles. The highest BCUT2D eigenvalue weighted by molar-refractivity contribution is 5.79. The first kappa shape index (κ1) is 10.7. The van der Waals surface area contributed by atoms with Gasteiger partial charge in [-0.15, -0.1) is 0 Å². The van der Waals surface area contributed by atoms with E-state index in [1.165, 1.54) is 0 Å². The highest BCUT2D eigenvalue weighted by Crippen LogP contribution is 2.20. The third-order valence-electron chi connectivity index (χ3n) is 3.02. The average Bonchev–Trinajstić information content (AvgIpc) is 2.65. The fourth-order valence-corrected chi connectivity index (χ4v) is 2.16. The minimum Gasteiger partial charge on any atom is -0.397 e. The van der Waals surface area contributed by atoms with Gasteiger partial charge in [-0.25, -0.2) is 4.79 Å². The minimum atomic E-state index is -0.173. The number of nitrogens with two attached hydrogens (primary N) is 1. The number of hydrogen-bond donors (Lipinski definition) is 2. The molecule has 90 valence electrons. The van der Waals surface area contributed by atoms with Gasteiger partial charge in [0.05, 0.1) is 22.4 Å². The van der Waals surface area contributed by atoms with Crippen LogP contribution in [0.1, 0.15) is 5.56 Å².